The monoisotopic (exact) mass is 305 g/mol. The van der Waals surface area contributed by atoms with Crippen LogP contribution in [-0.4, -0.2) is 31.4 Å². The van der Waals surface area contributed by atoms with Gasteiger partial charge in [-0.25, -0.2) is 0 Å². The normalized spacial score (nSPS) is 31.1. The Bertz CT molecular complexity index is 254. The average Bonchev–Trinajstić information content (AvgIpc) is 2.40. The molecule has 0 heterocycles. The summed E-state index contributed by atoms with van der Waals surface area (Å²) < 4.78 is 9.40. The van der Waals surface area contributed by atoms with Gasteiger partial charge in [0.2, 0.25) is 0 Å². The molecular formula is C13H23NO2Se. The van der Waals surface area contributed by atoms with Crippen LogP contribution in [0.5, 0.6) is 0 Å². The van der Waals surface area contributed by atoms with Gasteiger partial charge in [-0.15, -0.1) is 0 Å². The van der Waals surface area contributed by atoms with Crippen molar-refractivity contribution in [3.8, 4) is 0 Å². The van der Waals surface area contributed by atoms with E-state index in [1.807, 2.05) is 0 Å². The first-order valence-electron chi connectivity index (χ1n) is 6.92. The summed E-state index contributed by atoms with van der Waals surface area (Å²) in [5.74, 6) is 0.313. The Balaban J connectivity index is 1.84. The van der Waals surface area contributed by atoms with Gasteiger partial charge in [-0.2, -0.15) is 0 Å². The molecule has 0 aromatic carbocycles. The molecule has 2 aliphatic carbocycles. The van der Waals surface area contributed by atoms with Crippen molar-refractivity contribution in [2.45, 2.75) is 68.6 Å². The Morgan fingerprint density at radius 2 is 1.65 bits per heavy atom. The standard InChI is InChI=1S/C13H23NO2Se/c15-13(14-10-6-2-1-3-7-10)11-8-4-5-9-12(11)17-16/h10-12,16H,1-9H2,(H,14,15). The summed E-state index contributed by atoms with van der Waals surface area (Å²) in [5.41, 5.74) is 0. The first-order valence-corrected chi connectivity index (χ1v) is 8.67. The van der Waals surface area contributed by atoms with E-state index in [0.717, 1.165) is 32.1 Å². The van der Waals surface area contributed by atoms with E-state index in [1.165, 1.54) is 25.7 Å². The maximum atomic E-state index is 12.2. The van der Waals surface area contributed by atoms with Gasteiger partial charge in [0.05, 0.1) is 0 Å². The number of hydrogen-bond acceptors (Lipinski definition) is 2. The van der Waals surface area contributed by atoms with Gasteiger partial charge in [0.15, 0.2) is 0 Å². The fraction of sp³-hybridized carbons (Fsp3) is 0.923. The molecule has 0 aromatic heterocycles. The van der Waals surface area contributed by atoms with Crippen molar-refractivity contribution in [1.82, 2.24) is 5.32 Å². The van der Waals surface area contributed by atoms with Crippen molar-refractivity contribution >= 4 is 21.2 Å². The Labute approximate surface area is 110 Å². The molecule has 0 spiro atoms. The second-order valence-electron chi connectivity index (χ2n) is 5.38. The van der Waals surface area contributed by atoms with Crippen LogP contribution in [0.1, 0.15) is 57.8 Å². The van der Waals surface area contributed by atoms with Gasteiger partial charge >= 0.3 is 110 Å². The van der Waals surface area contributed by atoms with Crippen LogP contribution in [-0.2, 0) is 4.79 Å². The van der Waals surface area contributed by atoms with Gasteiger partial charge in [-0.3, -0.25) is 0 Å². The number of amides is 1. The van der Waals surface area contributed by atoms with Gasteiger partial charge in [0.1, 0.15) is 0 Å². The second kappa shape index (κ2) is 6.77. The molecule has 0 aliphatic heterocycles. The van der Waals surface area contributed by atoms with Crippen LogP contribution in [0.3, 0.4) is 0 Å². The summed E-state index contributed by atoms with van der Waals surface area (Å²) in [6.45, 7) is 0. The molecule has 2 atom stereocenters. The van der Waals surface area contributed by atoms with E-state index in [9.17, 15) is 8.98 Å². The zero-order valence-electron chi connectivity index (χ0n) is 10.4. The molecule has 1 amide bonds. The van der Waals surface area contributed by atoms with Crippen molar-refractivity contribution in [3.05, 3.63) is 0 Å². The molecule has 17 heavy (non-hydrogen) atoms. The molecule has 3 nitrogen and oxygen atoms in total. The molecule has 0 radical (unpaired) electrons. The third-order valence-electron chi connectivity index (χ3n) is 4.13. The first kappa shape index (κ1) is 13.4. The Kier molecular flexibility index (Phi) is 5.33. The van der Waals surface area contributed by atoms with Gasteiger partial charge in [-0.05, 0) is 0 Å². The molecule has 98 valence electrons. The maximum absolute atomic E-state index is 12.2. The Morgan fingerprint density at radius 1 is 1.00 bits per heavy atom. The van der Waals surface area contributed by atoms with E-state index in [0.29, 0.717) is 6.04 Å². The number of rotatable bonds is 3. The van der Waals surface area contributed by atoms with E-state index in [4.69, 9.17) is 0 Å². The molecule has 0 aromatic rings. The van der Waals surface area contributed by atoms with Crippen LogP contribution >= 0.6 is 0 Å². The van der Waals surface area contributed by atoms with Gasteiger partial charge < -0.3 is 0 Å². The fourth-order valence-corrected chi connectivity index (χ4v) is 4.50. The van der Waals surface area contributed by atoms with E-state index in [2.05, 4.69) is 5.32 Å². The quantitative estimate of drug-likeness (QED) is 0.784. The summed E-state index contributed by atoms with van der Waals surface area (Å²) in [6, 6.07) is 0.407. The summed E-state index contributed by atoms with van der Waals surface area (Å²) >= 11 is -0.366. The van der Waals surface area contributed by atoms with Gasteiger partial charge in [-0.1, -0.05) is 0 Å². The number of carbonyl (C=O) groups is 1. The van der Waals surface area contributed by atoms with Crippen molar-refractivity contribution in [2.24, 2.45) is 5.92 Å². The van der Waals surface area contributed by atoms with Crippen LogP contribution in [0.4, 0.5) is 0 Å². The molecule has 2 saturated carbocycles. The van der Waals surface area contributed by atoms with Crippen LogP contribution < -0.4 is 5.32 Å². The van der Waals surface area contributed by atoms with Crippen molar-refractivity contribution in [1.29, 1.82) is 0 Å². The second-order valence-corrected chi connectivity index (χ2v) is 7.09. The average molecular weight is 304 g/mol. The molecule has 0 bridgehead atoms. The summed E-state index contributed by atoms with van der Waals surface area (Å²) in [7, 11) is 0. The number of carbonyl (C=O) groups excluding carboxylic acids is 1. The molecule has 2 fully saturated rings. The van der Waals surface area contributed by atoms with Crippen LogP contribution in [0, 0.1) is 5.92 Å². The van der Waals surface area contributed by atoms with E-state index in [-0.39, 0.29) is 31.9 Å². The molecule has 0 saturated heterocycles. The van der Waals surface area contributed by atoms with Gasteiger partial charge in [0.25, 0.3) is 0 Å². The molecule has 2 N–H and O–H groups in total. The zero-order chi connectivity index (χ0) is 12.1. The van der Waals surface area contributed by atoms with Crippen LogP contribution in [0.15, 0.2) is 0 Å². The Morgan fingerprint density at radius 3 is 2.35 bits per heavy atom. The summed E-state index contributed by atoms with van der Waals surface area (Å²) in [6.07, 6.45) is 10.5. The topological polar surface area (TPSA) is 49.3 Å². The van der Waals surface area contributed by atoms with Crippen LogP contribution in [0.2, 0.25) is 4.82 Å². The molecule has 2 aliphatic rings. The first-order chi connectivity index (χ1) is 8.31. The summed E-state index contributed by atoms with van der Waals surface area (Å²) in [4.78, 5) is 12.5. The van der Waals surface area contributed by atoms with E-state index >= 15 is 0 Å². The van der Waals surface area contributed by atoms with E-state index in [1.54, 1.807) is 0 Å². The summed E-state index contributed by atoms with van der Waals surface area (Å²) in [5, 5.41) is 3.21. The van der Waals surface area contributed by atoms with Crippen LogP contribution in [0.25, 0.3) is 0 Å². The van der Waals surface area contributed by atoms with Crippen molar-refractivity contribution in [3.63, 3.8) is 0 Å². The minimum atomic E-state index is -0.366. The predicted molar refractivity (Wildman–Crippen MR) is 68.7 cm³/mol. The number of nitrogens with one attached hydrogen (secondary N) is 1. The third kappa shape index (κ3) is 3.70. The third-order valence-corrected chi connectivity index (χ3v) is 5.88. The zero-order valence-corrected chi connectivity index (χ0v) is 12.1. The number of hydrogen-bond donors (Lipinski definition) is 2. The van der Waals surface area contributed by atoms with E-state index < -0.39 is 0 Å². The van der Waals surface area contributed by atoms with Crippen molar-refractivity contribution < 1.29 is 8.98 Å². The SMILES string of the molecule is O=C(NC1CCCCC1)C1CCCCC1[Se]O. The Hall–Kier alpha value is -0.0505. The van der Waals surface area contributed by atoms with Crippen molar-refractivity contribution in [2.75, 3.05) is 0 Å². The molecule has 2 unspecified atom stereocenters. The predicted octanol–water partition coefficient (Wildman–Crippen LogP) is 2.03. The molecule has 4 heteroatoms. The van der Waals surface area contributed by atoms with Gasteiger partial charge in [0, 0.05) is 0 Å². The molecule has 2 rings (SSSR count). The minimum absolute atomic E-state index is 0.0932. The fourth-order valence-electron chi connectivity index (χ4n) is 3.08. The molecular weight excluding hydrogens is 281 g/mol.